The van der Waals surface area contributed by atoms with Gasteiger partial charge in [0.05, 0.1) is 6.04 Å². The number of ether oxygens (including phenoxy) is 1. The summed E-state index contributed by atoms with van der Waals surface area (Å²) in [5.41, 5.74) is 2.30. The third kappa shape index (κ3) is 3.92. The molecule has 3 rings (SSSR count). The van der Waals surface area contributed by atoms with Crippen LogP contribution in [0.5, 0.6) is 0 Å². The van der Waals surface area contributed by atoms with Gasteiger partial charge in [-0.15, -0.1) is 0 Å². The van der Waals surface area contributed by atoms with Crippen molar-refractivity contribution >= 4 is 11.8 Å². The van der Waals surface area contributed by atoms with Crippen molar-refractivity contribution in [1.82, 2.24) is 9.80 Å². The van der Waals surface area contributed by atoms with Crippen LogP contribution in [0.25, 0.3) is 0 Å². The highest BCUT2D eigenvalue weighted by molar-refractivity contribution is 5.86. The number of hydrogen-bond donors (Lipinski definition) is 0. The van der Waals surface area contributed by atoms with Crippen molar-refractivity contribution in [2.45, 2.75) is 32.5 Å². The maximum absolute atomic E-state index is 14.1. The fraction of sp³-hybridized carbons (Fsp3) is 0.364. The second kappa shape index (κ2) is 8.52. The van der Waals surface area contributed by atoms with E-state index in [1.165, 1.54) is 6.07 Å². The number of nitrogens with zero attached hydrogens (tertiary/aromatic N) is 2. The molecular weight excluding hydrogens is 359 g/mol. The van der Waals surface area contributed by atoms with E-state index in [1.54, 1.807) is 35.0 Å². The normalized spacial score (nSPS) is 19.6. The largest absolute Gasteiger partial charge is 0.356 e. The van der Waals surface area contributed by atoms with Gasteiger partial charge < -0.3 is 14.5 Å². The van der Waals surface area contributed by atoms with E-state index in [1.807, 2.05) is 38.1 Å². The lowest BCUT2D eigenvalue weighted by molar-refractivity contribution is -0.167. The van der Waals surface area contributed by atoms with Crippen molar-refractivity contribution in [2.24, 2.45) is 0 Å². The Balaban J connectivity index is 1.91. The average molecular weight is 384 g/mol. The van der Waals surface area contributed by atoms with E-state index in [0.717, 1.165) is 11.1 Å². The molecule has 2 atom stereocenters. The Morgan fingerprint density at radius 3 is 2.57 bits per heavy atom. The maximum atomic E-state index is 14.1. The Morgan fingerprint density at radius 2 is 1.89 bits per heavy atom. The molecule has 0 bridgehead atoms. The fourth-order valence-electron chi connectivity index (χ4n) is 3.57. The molecule has 6 heteroatoms. The number of rotatable bonds is 5. The van der Waals surface area contributed by atoms with Crippen LogP contribution >= 0.6 is 0 Å². The molecule has 1 aliphatic heterocycles. The van der Waals surface area contributed by atoms with Crippen LogP contribution < -0.4 is 0 Å². The van der Waals surface area contributed by atoms with Gasteiger partial charge in [-0.05, 0) is 31.0 Å². The van der Waals surface area contributed by atoms with Gasteiger partial charge in [0.1, 0.15) is 12.4 Å². The van der Waals surface area contributed by atoms with Crippen molar-refractivity contribution in [3.8, 4) is 0 Å². The number of amides is 2. The SMILES string of the molecule is CCN(Cc1ccccc1F)C(=O)[C@H]1OCC(=O)N(C)[C@@H]1c1ccccc1C. The first-order valence-corrected chi connectivity index (χ1v) is 9.39. The zero-order valence-electron chi connectivity index (χ0n) is 16.4. The summed E-state index contributed by atoms with van der Waals surface area (Å²) in [5.74, 6) is -0.770. The standard InChI is InChI=1S/C22H25FN2O3/c1-4-25(13-16-10-6-8-12-18(16)23)22(27)21-20(24(3)19(26)14-28-21)17-11-7-5-9-15(17)2/h5-12,20-21H,4,13-14H2,1-3H3/t20-,21+/m1/s1. The van der Waals surface area contributed by atoms with Crippen molar-refractivity contribution in [3.63, 3.8) is 0 Å². The van der Waals surface area contributed by atoms with Gasteiger partial charge in [0, 0.05) is 25.7 Å². The number of morpholine rings is 1. The van der Waals surface area contributed by atoms with Gasteiger partial charge in [-0.1, -0.05) is 42.5 Å². The molecule has 0 saturated carbocycles. The quantitative estimate of drug-likeness (QED) is 0.796. The van der Waals surface area contributed by atoms with E-state index in [-0.39, 0.29) is 30.8 Å². The molecule has 1 aliphatic rings. The Labute approximate surface area is 164 Å². The molecule has 1 heterocycles. The number of hydrogen-bond acceptors (Lipinski definition) is 3. The molecule has 28 heavy (non-hydrogen) atoms. The minimum atomic E-state index is -0.837. The van der Waals surface area contributed by atoms with Crippen molar-refractivity contribution in [2.75, 3.05) is 20.2 Å². The van der Waals surface area contributed by atoms with Crippen LogP contribution in [-0.2, 0) is 20.9 Å². The third-order valence-electron chi connectivity index (χ3n) is 5.25. The predicted octanol–water partition coefficient (Wildman–Crippen LogP) is 3.08. The molecule has 2 aromatic rings. The van der Waals surface area contributed by atoms with Crippen LogP contribution in [0.15, 0.2) is 48.5 Å². The Morgan fingerprint density at radius 1 is 1.21 bits per heavy atom. The summed E-state index contributed by atoms with van der Waals surface area (Å²) < 4.78 is 19.8. The van der Waals surface area contributed by atoms with E-state index >= 15 is 0 Å². The number of carbonyl (C=O) groups is 2. The number of halogens is 1. The van der Waals surface area contributed by atoms with Crippen LogP contribution in [-0.4, -0.2) is 47.9 Å². The lowest BCUT2D eigenvalue weighted by Crippen LogP contribution is -2.53. The molecule has 1 saturated heterocycles. The highest BCUT2D eigenvalue weighted by Crippen LogP contribution is 2.32. The predicted molar refractivity (Wildman–Crippen MR) is 104 cm³/mol. The summed E-state index contributed by atoms with van der Waals surface area (Å²) in [6.45, 7) is 4.21. The summed E-state index contributed by atoms with van der Waals surface area (Å²) >= 11 is 0. The van der Waals surface area contributed by atoms with Gasteiger partial charge in [0.25, 0.3) is 5.91 Å². The van der Waals surface area contributed by atoms with Crippen LogP contribution in [0.2, 0.25) is 0 Å². The van der Waals surface area contributed by atoms with E-state index in [2.05, 4.69) is 0 Å². The molecule has 0 radical (unpaired) electrons. The van der Waals surface area contributed by atoms with Gasteiger partial charge in [-0.2, -0.15) is 0 Å². The third-order valence-corrected chi connectivity index (χ3v) is 5.25. The molecular formula is C22H25FN2O3. The molecule has 148 valence electrons. The Bertz CT molecular complexity index is 870. The van der Waals surface area contributed by atoms with Gasteiger partial charge >= 0.3 is 0 Å². The van der Waals surface area contributed by atoms with Gasteiger partial charge in [-0.25, -0.2) is 4.39 Å². The van der Waals surface area contributed by atoms with Gasteiger partial charge in [0.15, 0.2) is 6.10 Å². The molecule has 0 aliphatic carbocycles. The summed E-state index contributed by atoms with van der Waals surface area (Å²) in [5, 5.41) is 0. The molecule has 2 aromatic carbocycles. The minimum Gasteiger partial charge on any atom is -0.356 e. The summed E-state index contributed by atoms with van der Waals surface area (Å²) in [4.78, 5) is 28.7. The van der Waals surface area contributed by atoms with Crippen molar-refractivity contribution in [3.05, 3.63) is 71.0 Å². The van der Waals surface area contributed by atoms with E-state index in [0.29, 0.717) is 12.1 Å². The molecule has 0 aromatic heterocycles. The lowest BCUT2D eigenvalue weighted by atomic mass is 9.93. The first kappa shape index (κ1) is 20.0. The van der Waals surface area contributed by atoms with E-state index in [4.69, 9.17) is 4.74 Å². The monoisotopic (exact) mass is 384 g/mol. The highest BCUT2D eigenvalue weighted by atomic mass is 19.1. The zero-order valence-corrected chi connectivity index (χ0v) is 16.4. The second-order valence-corrected chi connectivity index (χ2v) is 6.98. The second-order valence-electron chi connectivity index (χ2n) is 6.98. The zero-order chi connectivity index (χ0) is 20.3. The molecule has 2 amide bonds. The first-order chi connectivity index (χ1) is 13.4. The van der Waals surface area contributed by atoms with Gasteiger partial charge in [-0.3, -0.25) is 9.59 Å². The van der Waals surface area contributed by atoms with Crippen molar-refractivity contribution in [1.29, 1.82) is 0 Å². The molecule has 0 N–H and O–H groups in total. The summed E-state index contributed by atoms with van der Waals surface area (Å²) in [7, 11) is 1.69. The maximum Gasteiger partial charge on any atom is 0.254 e. The van der Waals surface area contributed by atoms with Crippen LogP contribution in [0.4, 0.5) is 4.39 Å². The topological polar surface area (TPSA) is 49.9 Å². The van der Waals surface area contributed by atoms with Gasteiger partial charge in [0.2, 0.25) is 5.91 Å². The van der Waals surface area contributed by atoms with E-state index in [9.17, 15) is 14.0 Å². The smallest absolute Gasteiger partial charge is 0.254 e. The summed E-state index contributed by atoms with van der Waals surface area (Å²) in [6.07, 6.45) is -0.837. The van der Waals surface area contributed by atoms with E-state index < -0.39 is 12.1 Å². The first-order valence-electron chi connectivity index (χ1n) is 9.39. The summed E-state index contributed by atoms with van der Waals surface area (Å²) in [6, 6.07) is 13.5. The van der Waals surface area contributed by atoms with Crippen molar-refractivity contribution < 1.29 is 18.7 Å². The van der Waals surface area contributed by atoms with Crippen LogP contribution in [0, 0.1) is 12.7 Å². The highest BCUT2D eigenvalue weighted by Gasteiger charge is 2.42. The Hall–Kier alpha value is -2.73. The fourth-order valence-corrected chi connectivity index (χ4v) is 3.57. The molecule has 1 fully saturated rings. The number of benzene rings is 2. The minimum absolute atomic E-state index is 0.146. The number of carbonyl (C=O) groups excluding carboxylic acids is 2. The number of likely N-dealkylation sites (N-methyl/N-ethyl adjacent to an activating group) is 2. The average Bonchev–Trinajstić information content (AvgIpc) is 2.69. The molecule has 0 spiro atoms. The van der Waals surface area contributed by atoms with Crippen LogP contribution in [0.1, 0.15) is 29.7 Å². The van der Waals surface area contributed by atoms with Crippen LogP contribution in [0.3, 0.4) is 0 Å². The lowest BCUT2D eigenvalue weighted by Gasteiger charge is -2.40. The number of aryl methyl sites for hydroxylation is 1. The molecule has 0 unspecified atom stereocenters. The molecule has 5 nitrogen and oxygen atoms in total. The Kier molecular flexibility index (Phi) is 6.09.